The highest BCUT2D eigenvalue weighted by Gasteiger charge is 2.35. The van der Waals surface area contributed by atoms with E-state index >= 15 is 0 Å². The van der Waals surface area contributed by atoms with Crippen molar-refractivity contribution in [3.05, 3.63) is 63.4 Å². The molecular weight excluding hydrogens is 400 g/mol. The molecule has 1 N–H and O–H groups in total. The van der Waals surface area contributed by atoms with E-state index in [9.17, 15) is 4.79 Å². The van der Waals surface area contributed by atoms with E-state index < -0.39 is 0 Å². The van der Waals surface area contributed by atoms with Crippen LogP contribution in [-0.4, -0.2) is 30.6 Å². The molecule has 0 atom stereocenters. The van der Waals surface area contributed by atoms with E-state index in [1.807, 2.05) is 30.3 Å². The fourth-order valence-electron chi connectivity index (χ4n) is 3.38. The Hall–Kier alpha value is -1.73. The molecule has 140 valence electrons. The highest BCUT2D eigenvalue weighted by atomic mass is 35.5. The lowest BCUT2D eigenvalue weighted by Crippen LogP contribution is -2.44. The van der Waals surface area contributed by atoms with Crippen molar-refractivity contribution in [2.45, 2.75) is 18.3 Å². The van der Waals surface area contributed by atoms with Crippen molar-refractivity contribution < 1.29 is 9.53 Å². The molecule has 3 heterocycles. The van der Waals surface area contributed by atoms with E-state index in [2.05, 4.69) is 22.4 Å². The van der Waals surface area contributed by atoms with Crippen molar-refractivity contribution in [3.8, 4) is 9.88 Å². The smallest absolute Gasteiger partial charge is 0.270 e. The summed E-state index contributed by atoms with van der Waals surface area (Å²) in [6.45, 7) is 2.01. The normalized spacial score (nSPS) is 16.2. The zero-order chi connectivity index (χ0) is 18.7. The van der Waals surface area contributed by atoms with Crippen LogP contribution in [0.2, 0.25) is 4.34 Å². The van der Waals surface area contributed by atoms with Gasteiger partial charge in [0, 0.05) is 30.6 Å². The Labute approximate surface area is 171 Å². The summed E-state index contributed by atoms with van der Waals surface area (Å²) < 4.78 is 6.28. The van der Waals surface area contributed by atoms with Crippen LogP contribution >= 0.6 is 34.3 Å². The molecule has 1 amide bonds. The van der Waals surface area contributed by atoms with Crippen LogP contribution in [0.5, 0.6) is 0 Å². The minimum Gasteiger partial charge on any atom is -0.381 e. The first-order chi connectivity index (χ1) is 13.2. The summed E-state index contributed by atoms with van der Waals surface area (Å²) in [6.07, 6.45) is 1.79. The van der Waals surface area contributed by atoms with Crippen LogP contribution in [-0.2, 0) is 10.2 Å². The van der Waals surface area contributed by atoms with Crippen LogP contribution in [0.1, 0.15) is 28.9 Å². The summed E-state index contributed by atoms with van der Waals surface area (Å²) in [6, 6.07) is 14.2. The predicted octanol–water partition coefficient (Wildman–Crippen LogP) is 5.00. The zero-order valence-corrected chi connectivity index (χ0v) is 17.0. The zero-order valence-electron chi connectivity index (χ0n) is 14.6. The average Bonchev–Trinajstić information content (AvgIpc) is 3.37. The number of halogens is 1. The van der Waals surface area contributed by atoms with Gasteiger partial charge in [-0.05, 0) is 30.5 Å². The Bertz CT molecular complexity index is 917. The second-order valence-electron chi connectivity index (χ2n) is 6.58. The molecule has 0 aliphatic carbocycles. The van der Waals surface area contributed by atoms with Gasteiger partial charge in [-0.25, -0.2) is 4.98 Å². The van der Waals surface area contributed by atoms with Crippen molar-refractivity contribution >= 4 is 40.2 Å². The Morgan fingerprint density at radius 3 is 2.67 bits per heavy atom. The Morgan fingerprint density at radius 1 is 1.19 bits per heavy atom. The molecule has 0 saturated carbocycles. The Kier molecular flexibility index (Phi) is 5.59. The summed E-state index contributed by atoms with van der Waals surface area (Å²) in [5.41, 5.74) is 1.62. The first-order valence-electron chi connectivity index (χ1n) is 8.79. The molecule has 1 saturated heterocycles. The van der Waals surface area contributed by atoms with Gasteiger partial charge in [-0.1, -0.05) is 41.9 Å². The van der Waals surface area contributed by atoms with E-state index in [0.717, 1.165) is 27.1 Å². The van der Waals surface area contributed by atoms with Gasteiger partial charge in [0.2, 0.25) is 0 Å². The van der Waals surface area contributed by atoms with Crippen LogP contribution in [0.3, 0.4) is 0 Å². The van der Waals surface area contributed by atoms with Gasteiger partial charge in [-0.15, -0.1) is 22.7 Å². The number of nitrogens with zero attached hydrogens (tertiary/aromatic N) is 1. The third kappa shape index (κ3) is 4.09. The molecule has 27 heavy (non-hydrogen) atoms. The van der Waals surface area contributed by atoms with Gasteiger partial charge in [0.05, 0.1) is 9.21 Å². The summed E-state index contributed by atoms with van der Waals surface area (Å²) in [5, 5.41) is 5.73. The number of hydrogen-bond donors (Lipinski definition) is 1. The molecule has 3 aromatic rings. The monoisotopic (exact) mass is 418 g/mol. The Morgan fingerprint density at radius 2 is 1.96 bits per heavy atom. The molecular formula is C20H19ClN2O2S2. The molecule has 0 bridgehead atoms. The largest absolute Gasteiger partial charge is 0.381 e. The molecule has 1 aromatic carbocycles. The number of amides is 1. The molecule has 4 rings (SSSR count). The maximum Gasteiger partial charge on any atom is 0.270 e. The fraction of sp³-hybridized carbons (Fsp3) is 0.300. The molecule has 0 unspecified atom stereocenters. The van der Waals surface area contributed by atoms with Gasteiger partial charge < -0.3 is 10.1 Å². The number of nitrogens with one attached hydrogen (secondary N) is 1. The van der Waals surface area contributed by atoms with Crippen molar-refractivity contribution in [2.24, 2.45) is 0 Å². The topological polar surface area (TPSA) is 51.2 Å². The first-order valence-corrected chi connectivity index (χ1v) is 10.9. The first kappa shape index (κ1) is 18.6. The van der Waals surface area contributed by atoms with E-state index in [1.165, 1.54) is 28.2 Å². The lowest BCUT2D eigenvalue weighted by atomic mass is 9.74. The van der Waals surface area contributed by atoms with Crippen LogP contribution in [0, 0.1) is 0 Å². The van der Waals surface area contributed by atoms with E-state index in [1.54, 1.807) is 5.38 Å². The quantitative estimate of drug-likeness (QED) is 0.634. The standard InChI is InChI=1S/C20H19ClN2O2S2/c21-17-7-6-16(27-17)19-23-15(12-26-19)18(24)22-13-20(8-10-25-11-9-20)14-4-2-1-3-5-14/h1-7,12H,8-11,13H2,(H,22,24). The fourth-order valence-corrected chi connectivity index (χ4v) is 5.30. The second-order valence-corrected chi connectivity index (χ2v) is 9.16. The number of thiazole rings is 1. The lowest BCUT2D eigenvalue weighted by molar-refractivity contribution is 0.0487. The molecule has 1 aliphatic heterocycles. The maximum absolute atomic E-state index is 12.7. The van der Waals surface area contributed by atoms with Gasteiger partial charge in [-0.3, -0.25) is 4.79 Å². The summed E-state index contributed by atoms with van der Waals surface area (Å²) >= 11 is 8.92. The predicted molar refractivity (Wildman–Crippen MR) is 111 cm³/mol. The average molecular weight is 419 g/mol. The lowest BCUT2D eigenvalue weighted by Gasteiger charge is -2.37. The van der Waals surface area contributed by atoms with Crippen molar-refractivity contribution in [1.82, 2.24) is 10.3 Å². The number of hydrogen-bond acceptors (Lipinski definition) is 5. The highest BCUT2D eigenvalue weighted by molar-refractivity contribution is 7.23. The van der Waals surface area contributed by atoms with E-state index in [-0.39, 0.29) is 11.3 Å². The van der Waals surface area contributed by atoms with Crippen molar-refractivity contribution in [1.29, 1.82) is 0 Å². The number of aromatic nitrogens is 1. The number of benzene rings is 1. The summed E-state index contributed by atoms with van der Waals surface area (Å²) in [5.74, 6) is -0.137. The molecule has 1 aliphatic rings. The summed E-state index contributed by atoms with van der Waals surface area (Å²) in [7, 11) is 0. The van der Waals surface area contributed by atoms with Gasteiger partial charge in [0.15, 0.2) is 0 Å². The van der Waals surface area contributed by atoms with E-state index in [0.29, 0.717) is 25.5 Å². The van der Waals surface area contributed by atoms with Crippen molar-refractivity contribution in [2.75, 3.05) is 19.8 Å². The summed E-state index contributed by atoms with van der Waals surface area (Å²) in [4.78, 5) is 18.2. The molecule has 2 aromatic heterocycles. The second kappa shape index (κ2) is 8.10. The molecule has 0 radical (unpaired) electrons. The number of ether oxygens (including phenoxy) is 1. The van der Waals surface area contributed by atoms with Gasteiger partial charge in [0.25, 0.3) is 5.91 Å². The molecule has 1 fully saturated rings. The molecule has 4 nitrogen and oxygen atoms in total. The van der Waals surface area contributed by atoms with Crippen LogP contribution in [0.15, 0.2) is 47.8 Å². The van der Waals surface area contributed by atoms with Crippen molar-refractivity contribution in [3.63, 3.8) is 0 Å². The van der Waals surface area contributed by atoms with E-state index in [4.69, 9.17) is 16.3 Å². The maximum atomic E-state index is 12.7. The number of rotatable bonds is 5. The molecule has 7 heteroatoms. The number of thiophene rings is 1. The minimum atomic E-state index is -0.137. The van der Waals surface area contributed by atoms with Crippen LogP contribution in [0.25, 0.3) is 9.88 Å². The third-order valence-electron chi connectivity index (χ3n) is 4.94. The van der Waals surface area contributed by atoms with Crippen LogP contribution < -0.4 is 5.32 Å². The van der Waals surface area contributed by atoms with Gasteiger partial charge in [0.1, 0.15) is 10.7 Å². The van der Waals surface area contributed by atoms with Gasteiger partial charge in [-0.2, -0.15) is 0 Å². The Balaban J connectivity index is 1.48. The highest BCUT2D eigenvalue weighted by Crippen LogP contribution is 2.35. The van der Waals surface area contributed by atoms with Gasteiger partial charge >= 0.3 is 0 Å². The third-order valence-corrected chi connectivity index (χ3v) is 7.19. The number of carbonyl (C=O) groups is 1. The van der Waals surface area contributed by atoms with Crippen LogP contribution in [0.4, 0.5) is 0 Å². The SMILES string of the molecule is O=C(NCC1(c2ccccc2)CCOCC1)c1csc(-c2ccc(Cl)s2)n1. The molecule has 0 spiro atoms. The number of carbonyl (C=O) groups excluding carboxylic acids is 1. The minimum absolute atomic E-state index is 0.0880.